The molecule has 0 atom stereocenters. The number of carbonyl (C=O) groups is 1. The van der Waals surface area contributed by atoms with Gasteiger partial charge in [-0.05, 0) is 89.6 Å². The number of ether oxygens (including phenoxy) is 2. The fourth-order valence-electron chi connectivity index (χ4n) is 3.81. The van der Waals surface area contributed by atoms with E-state index in [0.29, 0.717) is 12.3 Å². The van der Waals surface area contributed by atoms with Crippen LogP contribution in [0.15, 0.2) is 46.9 Å². The third-order valence-electron chi connectivity index (χ3n) is 5.72. The molecule has 1 amide bonds. The molecule has 0 radical (unpaired) electrons. The van der Waals surface area contributed by atoms with Crippen LogP contribution in [0.1, 0.15) is 30.4 Å². The first-order chi connectivity index (χ1) is 14.6. The number of hydrogen-bond acceptors (Lipinski definition) is 4. The summed E-state index contributed by atoms with van der Waals surface area (Å²) in [4.78, 5) is 14.7. The van der Waals surface area contributed by atoms with Crippen molar-refractivity contribution in [2.75, 3.05) is 33.9 Å². The van der Waals surface area contributed by atoms with Crippen molar-refractivity contribution in [2.24, 2.45) is 5.92 Å². The zero-order valence-electron chi connectivity index (χ0n) is 17.8. The molecule has 0 aromatic heterocycles. The molecule has 1 aliphatic rings. The van der Waals surface area contributed by atoms with Gasteiger partial charge in [0.2, 0.25) is 5.91 Å². The molecule has 2 aromatic rings. The normalized spacial score (nSPS) is 15.0. The van der Waals surface area contributed by atoms with Crippen molar-refractivity contribution in [1.29, 1.82) is 0 Å². The van der Waals surface area contributed by atoms with Gasteiger partial charge in [0, 0.05) is 19.5 Å². The first-order valence-electron chi connectivity index (χ1n) is 10.5. The number of benzene rings is 2. The minimum Gasteiger partial charge on any atom is -0.497 e. The lowest BCUT2D eigenvalue weighted by atomic mass is 9.96. The summed E-state index contributed by atoms with van der Waals surface area (Å²) in [7, 11) is 3.34. The first-order valence-corrected chi connectivity index (χ1v) is 11.3. The number of likely N-dealkylation sites (tertiary alicyclic amines) is 1. The molecule has 1 fully saturated rings. The zero-order valence-corrected chi connectivity index (χ0v) is 19.4. The summed E-state index contributed by atoms with van der Waals surface area (Å²) in [6.45, 7) is 3.90. The molecular formula is C24H31BrN2O3. The number of hydrogen-bond donors (Lipinski definition) is 1. The van der Waals surface area contributed by atoms with E-state index in [9.17, 15) is 4.79 Å². The van der Waals surface area contributed by atoms with Gasteiger partial charge in [-0.1, -0.05) is 18.2 Å². The van der Waals surface area contributed by atoms with Crippen LogP contribution in [0.2, 0.25) is 0 Å². The van der Waals surface area contributed by atoms with Crippen LogP contribution < -0.4 is 14.8 Å². The molecule has 1 saturated heterocycles. The highest BCUT2D eigenvalue weighted by atomic mass is 79.9. The predicted octanol–water partition coefficient (Wildman–Crippen LogP) is 4.43. The minimum atomic E-state index is 0.127. The molecular weight excluding hydrogens is 444 g/mol. The molecule has 0 spiro atoms. The highest BCUT2D eigenvalue weighted by Crippen LogP contribution is 2.26. The molecule has 3 rings (SSSR count). The average molecular weight is 475 g/mol. The Morgan fingerprint density at radius 3 is 2.40 bits per heavy atom. The van der Waals surface area contributed by atoms with Crippen molar-refractivity contribution in [2.45, 2.75) is 32.2 Å². The Kier molecular flexibility index (Phi) is 8.58. The van der Waals surface area contributed by atoms with Gasteiger partial charge in [0.15, 0.2) is 0 Å². The molecule has 6 heteroatoms. The summed E-state index contributed by atoms with van der Waals surface area (Å²) in [5, 5.41) is 3.13. The second-order valence-corrected chi connectivity index (χ2v) is 8.69. The van der Waals surface area contributed by atoms with E-state index in [1.54, 1.807) is 14.2 Å². The maximum absolute atomic E-state index is 12.3. The van der Waals surface area contributed by atoms with Crippen LogP contribution in [0.3, 0.4) is 0 Å². The molecule has 0 aliphatic carbocycles. The lowest BCUT2D eigenvalue weighted by Crippen LogP contribution is -2.38. The molecule has 162 valence electrons. The number of aryl methyl sites for hydroxylation is 1. The maximum Gasteiger partial charge on any atom is 0.220 e. The molecule has 1 aliphatic heterocycles. The number of rotatable bonds is 9. The highest BCUT2D eigenvalue weighted by molar-refractivity contribution is 9.10. The van der Waals surface area contributed by atoms with Gasteiger partial charge < -0.3 is 14.8 Å². The predicted molar refractivity (Wildman–Crippen MR) is 123 cm³/mol. The standard InChI is InChI=1S/C24H31BrN2O3/c1-29-21-7-3-20(4-8-21)17-27-13-11-19(12-14-27)16-26-24(28)10-6-18-5-9-23(30-2)22(25)15-18/h3-5,7-9,15,19H,6,10-14,16-17H2,1-2H3,(H,26,28). The number of piperidine rings is 1. The van der Waals surface area contributed by atoms with Gasteiger partial charge in [0.25, 0.3) is 0 Å². The average Bonchev–Trinajstić information content (AvgIpc) is 2.78. The van der Waals surface area contributed by atoms with E-state index < -0.39 is 0 Å². The number of nitrogens with one attached hydrogen (secondary N) is 1. The summed E-state index contributed by atoms with van der Waals surface area (Å²) in [6.07, 6.45) is 3.49. The van der Waals surface area contributed by atoms with E-state index in [1.165, 1.54) is 5.56 Å². The lowest BCUT2D eigenvalue weighted by Gasteiger charge is -2.32. The molecule has 5 nitrogen and oxygen atoms in total. The van der Waals surface area contributed by atoms with Gasteiger partial charge in [0.05, 0.1) is 18.7 Å². The van der Waals surface area contributed by atoms with E-state index in [4.69, 9.17) is 9.47 Å². The quantitative estimate of drug-likeness (QED) is 0.583. The molecule has 2 aromatic carbocycles. The third-order valence-corrected chi connectivity index (χ3v) is 6.34. The van der Waals surface area contributed by atoms with Gasteiger partial charge in [-0.3, -0.25) is 9.69 Å². The molecule has 0 bridgehead atoms. The number of carbonyl (C=O) groups excluding carboxylic acids is 1. The largest absolute Gasteiger partial charge is 0.497 e. The van der Waals surface area contributed by atoms with E-state index in [2.05, 4.69) is 38.3 Å². The molecule has 0 saturated carbocycles. The van der Waals surface area contributed by atoms with Crippen molar-refractivity contribution >= 4 is 21.8 Å². The topological polar surface area (TPSA) is 50.8 Å². The van der Waals surface area contributed by atoms with E-state index in [-0.39, 0.29) is 5.91 Å². The smallest absolute Gasteiger partial charge is 0.220 e. The number of methoxy groups -OCH3 is 2. The van der Waals surface area contributed by atoms with Crippen LogP contribution in [0.25, 0.3) is 0 Å². The van der Waals surface area contributed by atoms with Crippen LogP contribution in [0.5, 0.6) is 11.5 Å². The second-order valence-electron chi connectivity index (χ2n) is 7.84. The van der Waals surface area contributed by atoms with Crippen molar-refractivity contribution in [3.63, 3.8) is 0 Å². The Morgan fingerprint density at radius 1 is 1.07 bits per heavy atom. The summed E-state index contributed by atoms with van der Waals surface area (Å²) in [5.74, 6) is 2.40. The Hall–Kier alpha value is -2.05. The zero-order chi connectivity index (χ0) is 21.3. The van der Waals surface area contributed by atoms with E-state index in [0.717, 1.165) is 67.0 Å². The summed E-state index contributed by atoms with van der Waals surface area (Å²) >= 11 is 3.49. The van der Waals surface area contributed by atoms with E-state index in [1.807, 2.05) is 30.3 Å². The number of amides is 1. The Balaban J connectivity index is 1.33. The van der Waals surface area contributed by atoms with Crippen molar-refractivity contribution < 1.29 is 14.3 Å². The van der Waals surface area contributed by atoms with Gasteiger partial charge in [-0.2, -0.15) is 0 Å². The van der Waals surface area contributed by atoms with E-state index >= 15 is 0 Å². The monoisotopic (exact) mass is 474 g/mol. The fourth-order valence-corrected chi connectivity index (χ4v) is 4.40. The minimum absolute atomic E-state index is 0.127. The summed E-state index contributed by atoms with van der Waals surface area (Å²) in [6, 6.07) is 14.3. The van der Waals surface area contributed by atoms with Crippen LogP contribution in [0, 0.1) is 5.92 Å². The summed E-state index contributed by atoms with van der Waals surface area (Å²) < 4.78 is 11.4. The first kappa shape index (κ1) is 22.6. The molecule has 1 heterocycles. The molecule has 0 unspecified atom stereocenters. The number of halogens is 1. The molecule has 1 N–H and O–H groups in total. The van der Waals surface area contributed by atoms with Crippen LogP contribution in [-0.4, -0.2) is 44.7 Å². The summed E-state index contributed by atoms with van der Waals surface area (Å²) in [5.41, 5.74) is 2.44. The number of nitrogens with zero attached hydrogens (tertiary/aromatic N) is 1. The highest BCUT2D eigenvalue weighted by Gasteiger charge is 2.19. The lowest BCUT2D eigenvalue weighted by molar-refractivity contribution is -0.121. The Labute approximate surface area is 187 Å². The molecule has 30 heavy (non-hydrogen) atoms. The van der Waals surface area contributed by atoms with Crippen molar-refractivity contribution in [3.8, 4) is 11.5 Å². The Bertz CT molecular complexity index is 818. The van der Waals surface area contributed by atoms with Crippen LogP contribution in [0.4, 0.5) is 0 Å². The van der Waals surface area contributed by atoms with Crippen molar-refractivity contribution in [3.05, 3.63) is 58.1 Å². The van der Waals surface area contributed by atoms with Gasteiger partial charge in [-0.25, -0.2) is 0 Å². The van der Waals surface area contributed by atoms with Crippen LogP contribution >= 0.6 is 15.9 Å². The van der Waals surface area contributed by atoms with Crippen LogP contribution in [-0.2, 0) is 17.8 Å². The second kappa shape index (κ2) is 11.4. The maximum atomic E-state index is 12.3. The third kappa shape index (κ3) is 6.74. The van der Waals surface area contributed by atoms with Gasteiger partial charge >= 0.3 is 0 Å². The van der Waals surface area contributed by atoms with Crippen molar-refractivity contribution in [1.82, 2.24) is 10.2 Å². The Morgan fingerprint density at radius 2 is 1.77 bits per heavy atom. The van der Waals surface area contributed by atoms with Gasteiger partial charge in [-0.15, -0.1) is 0 Å². The SMILES string of the molecule is COc1ccc(CN2CCC(CNC(=O)CCc3ccc(OC)c(Br)c3)CC2)cc1. The fraction of sp³-hybridized carbons (Fsp3) is 0.458. The van der Waals surface area contributed by atoms with Gasteiger partial charge in [0.1, 0.15) is 11.5 Å².